The molecule has 10 heteroatoms. The molecule has 0 saturated carbocycles. The van der Waals surface area contributed by atoms with Gasteiger partial charge in [0.1, 0.15) is 23.5 Å². The van der Waals surface area contributed by atoms with Crippen molar-refractivity contribution in [1.29, 1.82) is 0 Å². The number of fused-ring (bicyclic) bond motifs is 1. The van der Waals surface area contributed by atoms with Gasteiger partial charge in [0.15, 0.2) is 5.58 Å². The molecule has 2 aliphatic rings. The molecule has 0 amide bonds. The summed E-state index contributed by atoms with van der Waals surface area (Å²) in [5, 5.41) is 0. The Morgan fingerprint density at radius 2 is 1.62 bits per heavy atom. The minimum Gasteiger partial charge on any atom is -0.468 e. The topological polar surface area (TPSA) is 68.0 Å². The summed E-state index contributed by atoms with van der Waals surface area (Å²) in [7, 11) is 1.35. The van der Waals surface area contributed by atoms with Gasteiger partial charge in [-0.2, -0.15) is 8.78 Å². The highest BCUT2D eigenvalue weighted by Gasteiger charge is 2.32. The van der Waals surface area contributed by atoms with E-state index in [1.165, 1.54) is 18.7 Å². The van der Waals surface area contributed by atoms with Gasteiger partial charge in [0, 0.05) is 43.4 Å². The lowest BCUT2D eigenvalue weighted by Crippen LogP contribution is -2.36. The van der Waals surface area contributed by atoms with Gasteiger partial charge in [-0.05, 0) is 90.7 Å². The number of aromatic nitrogens is 1. The highest BCUT2D eigenvalue weighted by Crippen LogP contribution is 2.39. The van der Waals surface area contributed by atoms with Gasteiger partial charge in [-0.1, -0.05) is 54.6 Å². The first-order chi connectivity index (χ1) is 24.2. The molecule has 0 N–H and O–H groups in total. The van der Waals surface area contributed by atoms with E-state index in [4.69, 9.17) is 18.9 Å². The summed E-state index contributed by atoms with van der Waals surface area (Å²) in [6, 6.07) is 23.5. The summed E-state index contributed by atoms with van der Waals surface area (Å²) < 4.78 is 56.8. The van der Waals surface area contributed by atoms with Crippen LogP contribution < -0.4 is 4.74 Å². The summed E-state index contributed by atoms with van der Waals surface area (Å²) in [4.78, 5) is 21.2. The number of nitrogens with zero attached hydrogens (tertiary/aromatic N) is 3. The van der Waals surface area contributed by atoms with E-state index in [-0.39, 0.29) is 18.3 Å². The van der Waals surface area contributed by atoms with E-state index in [1.807, 2.05) is 24.0 Å². The second-order valence-electron chi connectivity index (χ2n) is 13.3. The van der Waals surface area contributed by atoms with Crippen LogP contribution in [0.4, 0.5) is 13.2 Å². The quantitative estimate of drug-likeness (QED) is 0.136. The monoisotopic (exact) mass is 683 g/mol. The molecule has 2 aliphatic heterocycles. The molecule has 5 aromatic rings. The number of benzene rings is 4. The molecule has 3 heterocycles. The van der Waals surface area contributed by atoms with Gasteiger partial charge in [-0.15, -0.1) is 0 Å². The molecular formula is C40H40F3N3O4. The van der Waals surface area contributed by atoms with E-state index in [0.29, 0.717) is 48.5 Å². The van der Waals surface area contributed by atoms with Crippen LogP contribution in [0.15, 0.2) is 77.2 Å². The smallest absolute Gasteiger partial charge is 0.387 e. The molecule has 50 heavy (non-hydrogen) atoms. The molecule has 0 spiro atoms. The van der Waals surface area contributed by atoms with Crippen LogP contribution in [-0.2, 0) is 22.6 Å². The Labute approximate surface area is 289 Å². The predicted octanol–water partition coefficient (Wildman–Crippen LogP) is 8.73. The van der Waals surface area contributed by atoms with E-state index in [9.17, 15) is 18.0 Å². The van der Waals surface area contributed by atoms with Crippen LogP contribution in [-0.4, -0.2) is 66.3 Å². The van der Waals surface area contributed by atoms with Gasteiger partial charge >= 0.3 is 12.6 Å². The zero-order valence-electron chi connectivity index (χ0n) is 28.4. The van der Waals surface area contributed by atoms with Crippen LogP contribution in [0.2, 0.25) is 0 Å². The molecule has 260 valence electrons. The first kappa shape index (κ1) is 33.8. The summed E-state index contributed by atoms with van der Waals surface area (Å²) >= 11 is 0. The fourth-order valence-electron chi connectivity index (χ4n) is 7.46. The molecule has 7 nitrogen and oxygen atoms in total. The van der Waals surface area contributed by atoms with Crippen LogP contribution in [0.5, 0.6) is 5.75 Å². The minimum atomic E-state index is -3.03. The molecule has 0 aliphatic carbocycles. The van der Waals surface area contributed by atoms with Crippen LogP contribution >= 0.6 is 0 Å². The van der Waals surface area contributed by atoms with Gasteiger partial charge in [0.05, 0.1) is 7.11 Å². The van der Waals surface area contributed by atoms with E-state index < -0.39 is 18.8 Å². The van der Waals surface area contributed by atoms with E-state index in [1.54, 1.807) is 6.07 Å². The van der Waals surface area contributed by atoms with Crippen LogP contribution in [0.1, 0.15) is 41.5 Å². The maximum Gasteiger partial charge on any atom is 0.387 e. The van der Waals surface area contributed by atoms with Crippen molar-refractivity contribution in [3.8, 4) is 39.5 Å². The average molecular weight is 684 g/mol. The summed E-state index contributed by atoms with van der Waals surface area (Å²) in [5.74, 6) is 0.0136. The SMILES string of the molecule is COC(=O)[C@@H]1CCCN1Cc1cc2nc(-c3cccc(-c4cccc(-c5ccc(CN6CCC(F)C6)cc5)c4C)c3C)oc2cc1OC(F)F. The molecule has 7 rings (SSSR count). The number of rotatable bonds is 10. The van der Waals surface area contributed by atoms with Crippen molar-refractivity contribution in [2.45, 2.75) is 65.0 Å². The molecule has 2 atom stereocenters. The highest BCUT2D eigenvalue weighted by atomic mass is 19.3. The van der Waals surface area contributed by atoms with Gasteiger partial charge in [-0.3, -0.25) is 14.6 Å². The van der Waals surface area contributed by atoms with E-state index in [0.717, 1.165) is 58.5 Å². The van der Waals surface area contributed by atoms with Crippen molar-refractivity contribution < 1.29 is 31.9 Å². The van der Waals surface area contributed by atoms with Crippen LogP contribution in [0.3, 0.4) is 0 Å². The number of esters is 1. The van der Waals surface area contributed by atoms with E-state index in [2.05, 4.69) is 60.4 Å². The fraction of sp³-hybridized carbons (Fsp3) is 0.350. The Morgan fingerprint density at radius 3 is 2.30 bits per heavy atom. The largest absolute Gasteiger partial charge is 0.468 e. The van der Waals surface area contributed by atoms with Crippen molar-refractivity contribution in [2.75, 3.05) is 26.7 Å². The maximum atomic E-state index is 13.7. The molecule has 1 aromatic heterocycles. The molecular weight excluding hydrogens is 643 g/mol. The normalized spacial score (nSPS) is 18.4. The number of likely N-dealkylation sites (tertiary alicyclic amines) is 2. The Bertz CT molecular complexity index is 2010. The number of methoxy groups -OCH3 is 1. The molecule has 2 fully saturated rings. The van der Waals surface area contributed by atoms with Gasteiger partial charge in [0.25, 0.3) is 0 Å². The lowest BCUT2D eigenvalue weighted by atomic mass is 9.89. The second kappa shape index (κ2) is 14.3. The van der Waals surface area contributed by atoms with Crippen LogP contribution in [0, 0.1) is 13.8 Å². The van der Waals surface area contributed by atoms with E-state index >= 15 is 0 Å². The minimum absolute atomic E-state index is 0.0129. The van der Waals surface area contributed by atoms with Crippen molar-refractivity contribution in [2.24, 2.45) is 0 Å². The number of carbonyl (C=O) groups excluding carboxylic acids is 1. The summed E-state index contributed by atoms with van der Waals surface area (Å²) in [6.45, 7) is 4.01. The number of oxazole rings is 1. The highest BCUT2D eigenvalue weighted by molar-refractivity contribution is 5.85. The van der Waals surface area contributed by atoms with Gasteiger partial charge in [-0.25, -0.2) is 9.37 Å². The Balaban J connectivity index is 1.18. The lowest BCUT2D eigenvalue weighted by molar-refractivity contribution is -0.146. The number of alkyl halides is 3. The third-order valence-electron chi connectivity index (χ3n) is 10.1. The average Bonchev–Trinajstić information content (AvgIpc) is 3.85. The van der Waals surface area contributed by atoms with Crippen molar-refractivity contribution >= 4 is 17.1 Å². The van der Waals surface area contributed by atoms with Gasteiger partial charge in [0.2, 0.25) is 5.89 Å². The molecule has 0 radical (unpaired) electrons. The zero-order chi connectivity index (χ0) is 34.9. The van der Waals surface area contributed by atoms with Crippen molar-refractivity contribution in [1.82, 2.24) is 14.8 Å². The number of hydrogen-bond acceptors (Lipinski definition) is 7. The second-order valence-corrected chi connectivity index (χ2v) is 13.3. The van der Waals surface area contributed by atoms with Gasteiger partial charge < -0.3 is 13.9 Å². The third-order valence-corrected chi connectivity index (χ3v) is 10.1. The number of carbonyl (C=O) groups is 1. The zero-order valence-corrected chi connectivity index (χ0v) is 28.4. The maximum absolute atomic E-state index is 13.7. The molecule has 1 unspecified atom stereocenters. The Morgan fingerprint density at radius 1 is 0.920 bits per heavy atom. The standard InChI is InChI=1S/C40H40F3N3O4/c1-24-30(27-14-12-26(13-15-27)21-45-18-16-29(41)23-45)7-4-8-31(24)32-9-5-10-33(25(32)2)38-44-34-19-28(36(50-40(42)43)20-37(34)49-38)22-46-17-6-11-35(46)39(47)48-3/h4-5,7-10,12-15,19-20,29,35,40H,6,11,16-18,21-23H2,1-3H3/t29?,35-/m0/s1. The van der Waals surface area contributed by atoms with Crippen molar-refractivity contribution in [3.05, 3.63) is 95.1 Å². The molecule has 2 saturated heterocycles. The Kier molecular flexibility index (Phi) is 9.66. The Hall–Kier alpha value is -4.67. The third kappa shape index (κ3) is 6.87. The molecule has 4 aromatic carbocycles. The summed E-state index contributed by atoms with van der Waals surface area (Å²) in [5.41, 5.74) is 9.70. The molecule has 0 bridgehead atoms. The lowest BCUT2D eigenvalue weighted by Gasteiger charge is -2.23. The first-order valence-corrected chi connectivity index (χ1v) is 17.0. The number of ether oxygens (including phenoxy) is 2. The fourth-order valence-corrected chi connectivity index (χ4v) is 7.46. The van der Waals surface area contributed by atoms with Crippen LogP contribution in [0.25, 0.3) is 44.8 Å². The number of hydrogen-bond donors (Lipinski definition) is 0. The first-order valence-electron chi connectivity index (χ1n) is 17.0. The summed E-state index contributed by atoms with van der Waals surface area (Å²) in [6.07, 6.45) is 1.31. The number of halogens is 3. The van der Waals surface area contributed by atoms with Crippen molar-refractivity contribution in [3.63, 3.8) is 0 Å². The predicted molar refractivity (Wildman–Crippen MR) is 187 cm³/mol.